The van der Waals surface area contributed by atoms with Gasteiger partial charge in [-0.1, -0.05) is 12.5 Å². The van der Waals surface area contributed by atoms with Crippen LogP contribution in [-0.4, -0.2) is 17.6 Å². The maximum Gasteiger partial charge on any atom is 0.0943 e. The summed E-state index contributed by atoms with van der Waals surface area (Å²) in [6.07, 6.45) is 3.23. The van der Waals surface area contributed by atoms with Gasteiger partial charge in [-0.25, -0.2) is 4.98 Å². The summed E-state index contributed by atoms with van der Waals surface area (Å²) < 4.78 is 0. The van der Waals surface area contributed by atoms with Gasteiger partial charge < -0.3 is 5.32 Å². The van der Waals surface area contributed by atoms with Crippen LogP contribution in [0.25, 0.3) is 0 Å². The molecule has 0 aliphatic carbocycles. The highest BCUT2D eigenvalue weighted by molar-refractivity contribution is 7.09. The van der Waals surface area contributed by atoms with Gasteiger partial charge in [0.25, 0.3) is 0 Å². The Kier molecular flexibility index (Phi) is 5.71. The van der Waals surface area contributed by atoms with E-state index in [1.54, 1.807) is 11.3 Å². The van der Waals surface area contributed by atoms with Gasteiger partial charge in [0.15, 0.2) is 0 Å². The van der Waals surface area contributed by atoms with Crippen molar-refractivity contribution < 1.29 is 0 Å². The molecule has 0 aliphatic rings. The Morgan fingerprint density at radius 2 is 2.38 bits per heavy atom. The van der Waals surface area contributed by atoms with E-state index in [1.165, 1.54) is 17.0 Å². The summed E-state index contributed by atoms with van der Waals surface area (Å²) in [5, 5.41) is 6.91. The van der Waals surface area contributed by atoms with Crippen molar-refractivity contribution in [2.45, 2.75) is 46.1 Å². The van der Waals surface area contributed by atoms with Crippen LogP contribution in [0.3, 0.4) is 0 Å². The molecule has 0 amide bonds. The fraction of sp³-hybridized carbons (Fsp3) is 0.615. The predicted octanol–water partition coefficient (Wildman–Crippen LogP) is 3.33. The monoisotopic (exact) mass is 238 g/mol. The molecule has 0 bridgehead atoms. The van der Waals surface area contributed by atoms with Crippen LogP contribution < -0.4 is 5.32 Å². The lowest BCUT2D eigenvalue weighted by molar-refractivity contribution is 0.502. The molecule has 0 aromatic carbocycles. The van der Waals surface area contributed by atoms with E-state index in [0.717, 1.165) is 25.1 Å². The lowest BCUT2D eigenvalue weighted by atomic mass is 10.1. The first-order valence-corrected chi connectivity index (χ1v) is 6.78. The summed E-state index contributed by atoms with van der Waals surface area (Å²) in [6, 6.07) is 0.489. The molecule has 2 nitrogen and oxygen atoms in total. The Morgan fingerprint density at radius 3 is 2.88 bits per heavy atom. The van der Waals surface area contributed by atoms with Crippen molar-refractivity contribution in [2.75, 3.05) is 6.54 Å². The first kappa shape index (κ1) is 13.4. The molecule has 1 rings (SSSR count). The normalized spacial score (nSPS) is 12.7. The average molecular weight is 238 g/mol. The highest BCUT2D eigenvalue weighted by Crippen LogP contribution is 2.14. The Bertz CT molecular complexity index is 330. The zero-order valence-electron chi connectivity index (χ0n) is 10.5. The molecule has 0 radical (unpaired) electrons. The smallest absolute Gasteiger partial charge is 0.0943 e. The molecular weight excluding hydrogens is 216 g/mol. The number of nitrogens with one attached hydrogen (secondary N) is 1. The van der Waals surface area contributed by atoms with Gasteiger partial charge in [-0.15, -0.1) is 17.9 Å². The topological polar surface area (TPSA) is 24.9 Å². The largest absolute Gasteiger partial charge is 0.313 e. The summed E-state index contributed by atoms with van der Waals surface area (Å²) in [7, 11) is 0. The Labute approximate surface area is 103 Å². The molecular formula is C13H22N2S. The molecule has 0 saturated carbocycles. The van der Waals surface area contributed by atoms with Gasteiger partial charge in [-0.2, -0.15) is 0 Å². The van der Waals surface area contributed by atoms with E-state index < -0.39 is 0 Å². The molecule has 1 aromatic rings. The minimum atomic E-state index is 0.489. The van der Waals surface area contributed by atoms with Gasteiger partial charge in [0.05, 0.1) is 5.01 Å². The van der Waals surface area contributed by atoms with E-state index in [9.17, 15) is 0 Å². The van der Waals surface area contributed by atoms with Crippen LogP contribution in [0.4, 0.5) is 0 Å². The summed E-state index contributed by atoms with van der Waals surface area (Å²) in [6.45, 7) is 11.4. The number of aryl methyl sites for hydroxylation is 1. The number of hydrogen-bond acceptors (Lipinski definition) is 3. The van der Waals surface area contributed by atoms with Crippen LogP contribution in [0.5, 0.6) is 0 Å². The second kappa shape index (κ2) is 6.81. The molecule has 1 heterocycles. The van der Waals surface area contributed by atoms with Crippen molar-refractivity contribution in [3.8, 4) is 0 Å². The zero-order chi connectivity index (χ0) is 12.0. The molecule has 0 saturated heterocycles. The molecule has 90 valence electrons. The van der Waals surface area contributed by atoms with Crippen molar-refractivity contribution >= 4 is 11.3 Å². The Balaban J connectivity index is 2.51. The van der Waals surface area contributed by atoms with Gasteiger partial charge in [-0.05, 0) is 33.2 Å². The molecule has 1 aromatic heterocycles. The van der Waals surface area contributed by atoms with E-state index in [1.807, 2.05) is 6.92 Å². The second-order valence-corrected chi connectivity index (χ2v) is 5.34. The maximum atomic E-state index is 4.51. The van der Waals surface area contributed by atoms with E-state index >= 15 is 0 Å². The van der Waals surface area contributed by atoms with Crippen molar-refractivity contribution in [3.63, 3.8) is 0 Å². The van der Waals surface area contributed by atoms with Crippen molar-refractivity contribution in [3.05, 3.63) is 28.2 Å². The van der Waals surface area contributed by atoms with E-state index in [-0.39, 0.29) is 0 Å². The van der Waals surface area contributed by atoms with Crippen LogP contribution in [-0.2, 0) is 6.42 Å². The standard InChI is InChI=1S/C13H22N2S/c1-5-6-14-12(7-10(2)3)8-13-15-11(4)9-16-13/h9,12,14H,2,5-8H2,1,3-4H3. The van der Waals surface area contributed by atoms with E-state index in [4.69, 9.17) is 0 Å². The molecule has 16 heavy (non-hydrogen) atoms. The lowest BCUT2D eigenvalue weighted by Gasteiger charge is -2.17. The van der Waals surface area contributed by atoms with Gasteiger partial charge in [0.2, 0.25) is 0 Å². The minimum Gasteiger partial charge on any atom is -0.313 e. The number of hydrogen-bond donors (Lipinski definition) is 1. The van der Waals surface area contributed by atoms with Crippen molar-refractivity contribution in [1.82, 2.24) is 10.3 Å². The predicted molar refractivity (Wildman–Crippen MR) is 72.1 cm³/mol. The van der Waals surface area contributed by atoms with Gasteiger partial charge in [-0.3, -0.25) is 0 Å². The first-order valence-electron chi connectivity index (χ1n) is 5.90. The molecule has 0 aliphatic heterocycles. The quantitative estimate of drug-likeness (QED) is 0.737. The summed E-state index contributed by atoms with van der Waals surface area (Å²) in [5.41, 5.74) is 2.37. The highest BCUT2D eigenvalue weighted by Gasteiger charge is 2.11. The third kappa shape index (κ3) is 4.90. The maximum absolute atomic E-state index is 4.51. The fourth-order valence-electron chi connectivity index (χ4n) is 1.69. The van der Waals surface area contributed by atoms with Crippen LogP contribution in [0, 0.1) is 6.92 Å². The number of aromatic nitrogens is 1. The van der Waals surface area contributed by atoms with Gasteiger partial charge >= 0.3 is 0 Å². The van der Waals surface area contributed by atoms with Crippen molar-refractivity contribution in [1.29, 1.82) is 0 Å². The number of rotatable bonds is 7. The summed E-state index contributed by atoms with van der Waals surface area (Å²) >= 11 is 1.76. The van der Waals surface area contributed by atoms with Crippen LogP contribution in [0.15, 0.2) is 17.5 Å². The number of thiazole rings is 1. The first-order chi connectivity index (χ1) is 7.61. The summed E-state index contributed by atoms with van der Waals surface area (Å²) in [4.78, 5) is 4.51. The Hall–Kier alpha value is -0.670. The lowest BCUT2D eigenvalue weighted by Crippen LogP contribution is -2.32. The van der Waals surface area contributed by atoms with Crippen molar-refractivity contribution in [2.24, 2.45) is 0 Å². The molecule has 1 unspecified atom stereocenters. The number of nitrogens with zero attached hydrogens (tertiary/aromatic N) is 1. The Morgan fingerprint density at radius 1 is 1.62 bits per heavy atom. The van der Waals surface area contributed by atoms with Crippen LogP contribution in [0.1, 0.15) is 37.4 Å². The molecule has 1 N–H and O–H groups in total. The van der Waals surface area contributed by atoms with E-state index in [2.05, 4.69) is 36.1 Å². The third-order valence-corrected chi connectivity index (χ3v) is 3.35. The second-order valence-electron chi connectivity index (χ2n) is 4.40. The van der Waals surface area contributed by atoms with Gasteiger partial charge in [0.1, 0.15) is 0 Å². The minimum absolute atomic E-state index is 0.489. The molecule has 0 fully saturated rings. The zero-order valence-corrected chi connectivity index (χ0v) is 11.4. The molecule has 1 atom stereocenters. The highest BCUT2D eigenvalue weighted by atomic mass is 32.1. The van der Waals surface area contributed by atoms with E-state index in [0.29, 0.717) is 6.04 Å². The SMILES string of the molecule is C=C(C)CC(Cc1nc(C)cs1)NCCC. The third-order valence-electron chi connectivity index (χ3n) is 2.37. The average Bonchev–Trinajstić information content (AvgIpc) is 2.59. The molecule has 3 heteroatoms. The summed E-state index contributed by atoms with van der Waals surface area (Å²) in [5.74, 6) is 0. The molecule has 0 spiro atoms. The fourth-order valence-corrected chi connectivity index (χ4v) is 2.55. The van der Waals surface area contributed by atoms with Crippen LogP contribution >= 0.6 is 11.3 Å². The van der Waals surface area contributed by atoms with Crippen LogP contribution in [0.2, 0.25) is 0 Å². The van der Waals surface area contributed by atoms with Gasteiger partial charge in [0, 0.05) is 23.5 Å².